The summed E-state index contributed by atoms with van der Waals surface area (Å²) in [5.74, 6) is -1.47. The van der Waals surface area contributed by atoms with Crippen molar-refractivity contribution in [3.05, 3.63) is 163 Å². The molecule has 0 bridgehead atoms. The molecule has 0 radical (unpaired) electrons. The monoisotopic (exact) mass is 744 g/mol. The van der Waals surface area contributed by atoms with Gasteiger partial charge >= 0.3 is 11.4 Å². The molecule has 16 heteroatoms. The number of benzene rings is 2. The first kappa shape index (κ1) is 39.6. The second-order valence-electron chi connectivity index (χ2n) is 9.44. The van der Waals surface area contributed by atoms with Crippen LogP contribution in [0.2, 0.25) is 0 Å². The first-order valence-corrected chi connectivity index (χ1v) is 17.3. The third-order valence-corrected chi connectivity index (χ3v) is 8.52. The van der Waals surface area contributed by atoms with E-state index in [9.17, 15) is 27.2 Å². The highest BCUT2D eigenvalue weighted by atomic mass is 32.2. The maximum Gasteiger partial charge on any atom is 0.354 e. The van der Waals surface area contributed by atoms with E-state index in [0.29, 0.717) is 28.3 Å². The number of aliphatic hydroxyl groups is 1. The van der Waals surface area contributed by atoms with Crippen LogP contribution >= 0.6 is 34.4 Å². The lowest BCUT2D eigenvalue weighted by atomic mass is 10.2. The summed E-state index contributed by atoms with van der Waals surface area (Å²) in [4.78, 5) is 31.0. The molecule has 0 amide bonds. The largest absolute Gasteiger partial charge is 0.400 e. The molecule has 0 atom stereocenters. The number of rotatable bonds is 9. The van der Waals surface area contributed by atoms with Crippen LogP contribution in [0.15, 0.2) is 122 Å². The second kappa shape index (κ2) is 20.6. The second-order valence-corrected chi connectivity index (χ2v) is 12.0. The molecule has 0 aliphatic carbocycles. The smallest absolute Gasteiger partial charge is 0.354 e. The van der Waals surface area contributed by atoms with Crippen LogP contribution in [-0.4, -0.2) is 37.1 Å². The van der Waals surface area contributed by atoms with Gasteiger partial charge in [0.2, 0.25) is 0 Å². The highest BCUT2D eigenvalue weighted by Crippen LogP contribution is 2.19. The normalized spacial score (nSPS) is 10.1. The average molecular weight is 745 g/mol. The van der Waals surface area contributed by atoms with E-state index in [1.807, 2.05) is 5.38 Å². The first-order chi connectivity index (χ1) is 24.2. The number of anilines is 1. The maximum atomic E-state index is 14.1. The Bertz CT molecular complexity index is 2060. The molecule has 0 saturated carbocycles. The molecule has 0 aliphatic heterocycles. The highest BCUT2D eigenvalue weighted by Gasteiger charge is 2.12. The van der Waals surface area contributed by atoms with Gasteiger partial charge in [-0.15, -0.1) is 6.58 Å². The number of aliphatic hydroxyl groups excluding tert-OH is 1. The molecule has 0 aliphatic rings. The van der Waals surface area contributed by atoms with Crippen LogP contribution in [0.5, 0.6) is 0 Å². The number of nitrogens with one attached hydrogen (secondary N) is 1. The van der Waals surface area contributed by atoms with Gasteiger partial charge in [0.25, 0.3) is 0 Å². The van der Waals surface area contributed by atoms with E-state index in [4.69, 9.17) is 10.8 Å². The third kappa shape index (κ3) is 11.3. The number of thiophene rings is 2. The predicted molar refractivity (Wildman–Crippen MR) is 192 cm³/mol. The van der Waals surface area contributed by atoms with Crippen molar-refractivity contribution in [3.8, 4) is 11.4 Å². The number of halogens is 4. The van der Waals surface area contributed by atoms with E-state index in [2.05, 4.69) is 21.9 Å². The van der Waals surface area contributed by atoms with Gasteiger partial charge in [-0.05, 0) is 35.0 Å². The summed E-state index contributed by atoms with van der Waals surface area (Å²) in [6, 6.07) is 16.1. The topological polar surface area (TPSA) is 128 Å². The quantitative estimate of drug-likeness (QED) is 0.0640. The van der Waals surface area contributed by atoms with Crippen molar-refractivity contribution in [3.63, 3.8) is 0 Å². The fraction of sp³-hybridized carbons (Fsp3) is 0.118. The average Bonchev–Trinajstić information content (AvgIpc) is 3.87. The summed E-state index contributed by atoms with van der Waals surface area (Å²) >= 11 is 3.99. The van der Waals surface area contributed by atoms with Crippen molar-refractivity contribution in [2.45, 2.75) is 18.1 Å². The van der Waals surface area contributed by atoms with Gasteiger partial charge in [0.1, 0.15) is 16.7 Å². The summed E-state index contributed by atoms with van der Waals surface area (Å²) in [5.41, 5.74) is 6.26. The van der Waals surface area contributed by atoms with E-state index < -0.39 is 28.8 Å². The Morgan fingerprint density at radius 3 is 1.80 bits per heavy atom. The predicted octanol–water partition coefficient (Wildman–Crippen LogP) is 6.79. The minimum Gasteiger partial charge on any atom is -0.400 e. The van der Waals surface area contributed by atoms with Gasteiger partial charge < -0.3 is 16.2 Å². The number of thioether (sulfide) groups is 1. The van der Waals surface area contributed by atoms with Crippen molar-refractivity contribution >= 4 is 40.3 Å². The van der Waals surface area contributed by atoms with Crippen molar-refractivity contribution in [2.75, 3.05) is 18.2 Å². The molecule has 0 fully saturated rings. The lowest BCUT2D eigenvalue weighted by Crippen LogP contribution is -2.23. The van der Waals surface area contributed by atoms with Gasteiger partial charge in [0.05, 0.1) is 23.8 Å². The van der Waals surface area contributed by atoms with Gasteiger partial charge in [-0.2, -0.15) is 32.6 Å². The van der Waals surface area contributed by atoms with E-state index in [0.717, 1.165) is 29.6 Å². The number of nitrogens with zero attached hydrogens (tertiary/aromatic N) is 4. The minimum atomic E-state index is -0.679. The zero-order valence-corrected chi connectivity index (χ0v) is 29.0. The highest BCUT2D eigenvalue weighted by molar-refractivity contribution is 7.99. The van der Waals surface area contributed by atoms with E-state index in [-0.39, 0.29) is 29.8 Å². The molecule has 4 N–H and O–H groups in total. The lowest BCUT2D eigenvalue weighted by Gasteiger charge is -2.09. The van der Waals surface area contributed by atoms with Crippen molar-refractivity contribution in [2.24, 2.45) is 5.73 Å². The molecule has 0 saturated heterocycles. The number of hydrogen-bond acceptors (Lipinski definition) is 10. The molecule has 4 heterocycles. The lowest BCUT2D eigenvalue weighted by molar-refractivity contribution is 0.399. The van der Waals surface area contributed by atoms with Gasteiger partial charge in [0, 0.05) is 47.8 Å². The maximum absolute atomic E-state index is 14.1. The number of aromatic nitrogens is 4. The van der Waals surface area contributed by atoms with Gasteiger partial charge in [-0.1, -0.05) is 54.2 Å². The fourth-order valence-electron chi connectivity index (χ4n) is 3.86. The molecule has 50 heavy (non-hydrogen) atoms. The van der Waals surface area contributed by atoms with Crippen LogP contribution in [0.3, 0.4) is 0 Å². The van der Waals surface area contributed by atoms with Crippen LogP contribution in [0, 0.1) is 23.3 Å². The van der Waals surface area contributed by atoms with Crippen molar-refractivity contribution in [1.29, 1.82) is 0 Å². The standard InChI is InChI=1S/C15H11F2N3OS.C11H9FN2OS2.C7H8FN.CH4O/c16-12-4-2-1-3-10(12)7-18-14-13(17)8-20(15(21)19-14)11-5-6-22-9-11;1-2-4-17-10-9(12)6-14(11(15)13-10)8-3-5-16-7-8;8-7-4-2-1-3-6(7)5-9;1-2/h1-6,8-9H,7H2,(H,18,19,21);2-3,5-7H,1,4H2;1-4H,5,9H2;2H,1H3. The molecular formula is C34H32F4N6O3S3. The molecule has 9 nitrogen and oxygen atoms in total. The number of hydrogen-bond donors (Lipinski definition) is 3. The summed E-state index contributed by atoms with van der Waals surface area (Å²) < 4.78 is 56.1. The Balaban J connectivity index is 0.000000214. The van der Waals surface area contributed by atoms with Crippen molar-refractivity contribution in [1.82, 2.24) is 19.1 Å². The summed E-state index contributed by atoms with van der Waals surface area (Å²) in [7, 11) is 1.00. The third-order valence-electron chi connectivity index (χ3n) is 6.22. The van der Waals surface area contributed by atoms with Crippen molar-refractivity contribution < 1.29 is 22.7 Å². The molecule has 6 rings (SSSR count). The minimum absolute atomic E-state index is 0.0402. The van der Waals surface area contributed by atoms with Gasteiger partial charge in [-0.25, -0.2) is 27.2 Å². The van der Waals surface area contributed by atoms with E-state index in [1.54, 1.807) is 70.7 Å². The molecular weight excluding hydrogens is 713 g/mol. The molecule has 6 aromatic rings. The van der Waals surface area contributed by atoms with E-state index >= 15 is 0 Å². The van der Waals surface area contributed by atoms with Crippen LogP contribution in [0.1, 0.15) is 11.1 Å². The molecule has 2 aromatic carbocycles. The van der Waals surface area contributed by atoms with Gasteiger partial charge in [0.15, 0.2) is 17.5 Å². The number of nitrogens with two attached hydrogens (primary N) is 1. The van der Waals surface area contributed by atoms with Crippen LogP contribution < -0.4 is 22.4 Å². The Labute approximate surface area is 297 Å². The van der Waals surface area contributed by atoms with E-state index in [1.165, 1.54) is 45.6 Å². The Kier molecular flexibility index (Phi) is 16.3. The zero-order chi connectivity index (χ0) is 36.5. The molecule has 262 valence electrons. The fourth-order valence-corrected chi connectivity index (χ4v) is 5.72. The van der Waals surface area contributed by atoms with Crippen LogP contribution in [0.25, 0.3) is 11.4 Å². The molecule has 4 aromatic heterocycles. The first-order valence-electron chi connectivity index (χ1n) is 14.4. The molecule has 0 spiro atoms. The summed E-state index contributed by atoms with van der Waals surface area (Å²) in [6.07, 6.45) is 3.88. The van der Waals surface area contributed by atoms with Crippen LogP contribution in [-0.2, 0) is 13.1 Å². The van der Waals surface area contributed by atoms with Gasteiger partial charge in [-0.3, -0.25) is 9.13 Å². The molecule has 0 unspecified atom stereocenters. The van der Waals surface area contributed by atoms with Crippen LogP contribution in [0.4, 0.5) is 23.4 Å². The Morgan fingerprint density at radius 2 is 1.32 bits per heavy atom. The zero-order valence-electron chi connectivity index (χ0n) is 26.5. The summed E-state index contributed by atoms with van der Waals surface area (Å²) in [5, 5.41) is 16.8. The Morgan fingerprint density at radius 1 is 0.800 bits per heavy atom. The SMILES string of the molecule is C=CCSc1nc(=O)n(-c2ccsc2)cc1F.CO.NCc1ccccc1F.O=c1nc(NCc2ccccc2F)c(F)cn1-c1ccsc1. The Hall–Kier alpha value is -4.87. The summed E-state index contributed by atoms with van der Waals surface area (Å²) in [6.45, 7) is 3.84.